The Morgan fingerprint density at radius 3 is 2.36 bits per heavy atom. The van der Waals surface area contributed by atoms with Gasteiger partial charge in [0.25, 0.3) is 0 Å². The Kier molecular flexibility index (Phi) is 4.57. The SMILES string of the molecule is O=C(Nc1ccc(O)c(C(F)(F)F)c1)Nc1cccc2[nH]c(C(F)(F)F)nc12. The van der Waals surface area contributed by atoms with Crippen molar-refractivity contribution in [2.75, 3.05) is 10.6 Å². The van der Waals surface area contributed by atoms with Crippen LogP contribution in [-0.2, 0) is 12.4 Å². The summed E-state index contributed by atoms with van der Waals surface area (Å²) >= 11 is 0. The Bertz CT molecular complexity index is 1040. The molecule has 148 valence electrons. The number of carbonyl (C=O) groups is 1. The van der Waals surface area contributed by atoms with Gasteiger partial charge >= 0.3 is 18.4 Å². The van der Waals surface area contributed by atoms with Crippen LogP contribution in [0, 0.1) is 0 Å². The highest BCUT2D eigenvalue weighted by Gasteiger charge is 2.35. The van der Waals surface area contributed by atoms with E-state index in [2.05, 4.69) is 20.6 Å². The molecular weight excluding hydrogens is 394 g/mol. The lowest BCUT2D eigenvalue weighted by atomic mass is 10.1. The molecule has 4 N–H and O–H groups in total. The predicted octanol–water partition coefficient (Wildman–Crippen LogP) is 4.95. The highest BCUT2D eigenvalue weighted by atomic mass is 19.4. The standard InChI is InChI=1S/C16H10F6N4O2/c17-15(18,19)8-6-7(4-5-11(8)27)23-14(28)25-10-3-1-2-9-12(10)26-13(24-9)16(20,21)22/h1-6,27H,(H,24,26)(H2,23,25,28). The fourth-order valence-electron chi connectivity index (χ4n) is 2.39. The molecule has 28 heavy (non-hydrogen) atoms. The third kappa shape index (κ3) is 3.94. The van der Waals surface area contributed by atoms with Crippen LogP contribution in [0.15, 0.2) is 36.4 Å². The molecule has 0 unspecified atom stereocenters. The molecule has 0 saturated heterocycles. The fraction of sp³-hybridized carbons (Fsp3) is 0.125. The van der Waals surface area contributed by atoms with Crippen LogP contribution in [0.5, 0.6) is 5.75 Å². The van der Waals surface area contributed by atoms with Crippen molar-refractivity contribution < 1.29 is 36.2 Å². The van der Waals surface area contributed by atoms with Crippen molar-refractivity contribution in [2.45, 2.75) is 12.4 Å². The number of phenols is 1. The minimum Gasteiger partial charge on any atom is -0.507 e. The van der Waals surface area contributed by atoms with Crippen molar-refractivity contribution in [3.05, 3.63) is 47.8 Å². The lowest BCUT2D eigenvalue weighted by molar-refractivity contribution is -0.144. The predicted molar refractivity (Wildman–Crippen MR) is 86.8 cm³/mol. The van der Waals surface area contributed by atoms with E-state index in [-0.39, 0.29) is 22.4 Å². The zero-order valence-corrected chi connectivity index (χ0v) is 13.5. The van der Waals surface area contributed by atoms with Crippen LogP contribution in [0.3, 0.4) is 0 Å². The van der Waals surface area contributed by atoms with Crippen LogP contribution in [0.2, 0.25) is 0 Å². The maximum absolute atomic E-state index is 12.8. The molecule has 0 fully saturated rings. The van der Waals surface area contributed by atoms with Gasteiger partial charge in [-0.2, -0.15) is 26.3 Å². The molecule has 0 saturated carbocycles. The molecule has 0 spiro atoms. The van der Waals surface area contributed by atoms with Crippen LogP contribution >= 0.6 is 0 Å². The number of fused-ring (bicyclic) bond motifs is 1. The van der Waals surface area contributed by atoms with Crippen molar-refractivity contribution in [3.8, 4) is 5.75 Å². The monoisotopic (exact) mass is 404 g/mol. The number of anilines is 2. The molecule has 0 bridgehead atoms. The molecule has 6 nitrogen and oxygen atoms in total. The third-order valence-corrected chi connectivity index (χ3v) is 3.59. The molecule has 0 aliphatic carbocycles. The van der Waals surface area contributed by atoms with Crippen LogP contribution in [-0.4, -0.2) is 21.1 Å². The highest BCUT2D eigenvalue weighted by molar-refractivity contribution is 6.04. The van der Waals surface area contributed by atoms with Crippen LogP contribution < -0.4 is 10.6 Å². The van der Waals surface area contributed by atoms with Gasteiger partial charge in [0.1, 0.15) is 11.3 Å². The summed E-state index contributed by atoms with van der Waals surface area (Å²) in [6.45, 7) is 0. The number of H-pyrrole nitrogens is 1. The lowest BCUT2D eigenvalue weighted by Gasteiger charge is -2.12. The molecule has 1 heterocycles. The molecule has 0 radical (unpaired) electrons. The van der Waals surface area contributed by atoms with Gasteiger partial charge < -0.3 is 20.7 Å². The molecular formula is C16H10F6N4O2. The number of aromatic nitrogens is 2. The van der Waals surface area contributed by atoms with E-state index in [1.807, 2.05) is 0 Å². The minimum atomic E-state index is -4.84. The van der Waals surface area contributed by atoms with E-state index in [9.17, 15) is 36.2 Å². The molecule has 0 aliphatic heterocycles. The van der Waals surface area contributed by atoms with Crippen LogP contribution in [0.4, 0.5) is 42.5 Å². The fourth-order valence-corrected chi connectivity index (χ4v) is 2.39. The molecule has 3 aromatic rings. The normalized spacial score (nSPS) is 12.2. The molecule has 0 atom stereocenters. The Morgan fingerprint density at radius 1 is 1.00 bits per heavy atom. The number of amides is 2. The van der Waals surface area contributed by atoms with E-state index in [4.69, 9.17) is 0 Å². The second-order valence-electron chi connectivity index (χ2n) is 5.59. The number of benzene rings is 2. The number of hydrogen-bond donors (Lipinski definition) is 4. The number of halogens is 6. The molecule has 3 rings (SSSR count). The number of aromatic hydroxyl groups is 1. The number of nitrogens with zero attached hydrogens (tertiary/aromatic N) is 1. The van der Waals surface area contributed by atoms with E-state index in [1.165, 1.54) is 18.2 Å². The van der Waals surface area contributed by atoms with Crippen molar-refractivity contribution in [1.29, 1.82) is 0 Å². The highest BCUT2D eigenvalue weighted by Crippen LogP contribution is 2.37. The number of urea groups is 1. The molecule has 12 heteroatoms. The summed E-state index contributed by atoms with van der Waals surface area (Å²) in [6.07, 6.45) is -9.56. The average molecular weight is 404 g/mol. The van der Waals surface area contributed by atoms with Crippen molar-refractivity contribution in [2.24, 2.45) is 0 Å². The van der Waals surface area contributed by atoms with Gasteiger partial charge in [0.2, 0.25) is 5.82 Å². The molecule has 2 amide bonds. The summed E-state index contributed by atoms with van der Waals surface area (Å²) in [5.74, 6) is -2.27. The first-order chi connectivity index (χ1) is 12.9. The van der Waals surface area contributed by atoms with Crippen molar-refractivity contribution >= 4 is 28.4 Å². The van der Waals surface area contributed by atoms with Crippen molar-refractivity contribution in [1.82, 2.24) is 9.97 Å². The van der Waals surface area contributed by atoms with E-state index in [0.717, 1.165) is 12.1 Å². The second-order valence-corrected chi connectivity index (χ2v) is 5.59. The summed E-state index contributed by atoms with van der Waals surface area (Å²) in [5.41, 5.74) is -1.89. The Balaban J connectivity index is 1.83. The molecule has 1 aromatic heterocycles. The third-order valence-electron chi connectivity index (χ3n) is 3.59. The first-order valence-corrected chi connectivity index (χ1v) is 7.49. The summed E-state index contributed by atoms with van der Waals surface area (Å²) in [5, 5.41) is 13.6. The minimum absolute atomic E-state index is 0.00844. The lowest BCUT2D eigenvalue weighted by Crippen LogP contribution is -2.20. The Morgan fingerprint density at radius 2 is 1.71 bits per heavy atom. The Hall–Kier alpha value is -3.44. The number of aromatic amines is 1. The quantitative estimate of drug-likeness (QED) is 0.360. The number of nitrogens with one attached hydrogen (secondary N) is 3. The van der Waals surface area contributed by atoms with Crippen molar-refractivity contribution in [3.63, 3.8) is 0 Å². The summed E-state index contributed by atoms with van der Waals surface area (Å²) in [7, 11) is 0. The van der Waals surface area contributed by atoms with Crippen LogP contribution in [0.25, 0.3) is 11.0 Å². The number of imidazole rings is 1. The zero-order chi connectivity index (χ0) is 20.7. The van der Waals surface area contributed by atoms with Gasteiger partial charge in [-0.25, -0.2) is 9.78 Å². The number of rotatable bonds is 2. The summed E-state index contributed by atoms with van der Waals surface area (Å²) in [4.78, 5) is 17.5. The maximum atomic E-state index is 12.8. The van der Waals surface area contributed by atoms with Gasteiger partial charge in [-0.1, -0.05) is 6.07 Å². The molecule has 2 aromatic carbocycles. The first kappa shape index (κ1) is 19.3. The van der Waals surface area contributed by atoms with Gasteiger partial charge in [0.05, 0.1) is 16.8 Å². The zero-order valence-electron chi connectivity index (χ0n) is 13.5. The smallest absolute Gasteiger partial charge is 0.449 e. The second kappa shape index (κ2) is 6.62. The van der Waals surface area contributed by atoms with Gasteiger partial charge in [-0.05, 0) is 30.3 Å². The number of carbonyl (C=O) groups excluding carboxylic acids is 1. The number of phenolic OH excluding ortho intramolecular Hbond substituents is 1. The number of alkyl halides is 6. The number of hydrogen-bond acceptors (Lipinski definition) is 3. The van der Waals surface area contributed by atoms with Gasteiger partial charge in [-0.15, -0.1) is 0 Å². The molecule has 0 aliphatic rings. The van der Waals surface area contributed by atoms with Gasteiger partial charge in [-0.3, -0.25) is 0 Å². The average Bonchev–Trinajstić information content (AvgIpc) is 3.01. The summed E-state index contributed by atoms with van der Waals surface area (Å²) < 4.78 is 76.7. The topological polar surface area (TPSA) is 90.0 Å². The van der Waals surface area contributed by atoms with E-state index in [1.54, 1.807) is 0 Å². The largest absolute Gasteiger partial charge is 0.507 e. The van der Waals surface area contributed by atoms with E-state index >= 15 is 0 Å². The van der Waals surface area contributed by atoms with Crippen LogP contribution in [0.1, 0.15) is 11.4 Å². The Labute approximate surface area is 152 Å². The maximum Gasteiger partial charge on any atom is 0.449 e. The van der Waals surface area contributed by atoms with Gasteiger partial charge in [0.15, 0.2) is 0 Å². The van der Waals surface area contributed by atoms with E-state index < -0.39 is 35.5 Å². The summed E-state index contributed by atoms with van der Waals surface area (Å²) in [6, 6.07) is 5.24. The first-order valence-electron chi connectivity index (χ1n) is 7.49. The van der Waals surface area contributed by atoms with Gasteiger partial charge in [0, 0.05) is 5.69 Å². The van der Waals surface area contributed by atoms with E-state index in [0.29, 0.717) is 6.07 Å². The number of para-hydroxylation sites is 1.